The lowest BCUT2D eigenvalue weighted by atomic mass is 9.75. The molecular weight excluding hydrogens is 733 g/mol. The molecule has 0 radical (unpaired) electrons. The molecule has 0 fully saturated rings. The molecule has 4 N–H and O–H groups in total. The highest BCUT2D eigenvalue weighted by atomic mass is 35.5. The maximum absolute atomic E-state index is 16.3. The summed E-state index contributed by atoms with van der Waals surface area (Å²) in [5.74, 6) is -1.88. The van der Waals surface area contributed by atoms with E-state index in [4.69, 9.17) is 21.1 Å². The van der Waals surface area contributed by atoms with E-state index < -0.39 is 59.8 Å². The van der Waals surface area contributed by atoms with Crippen molar-refractivity contribution in [3.05, 3.63) is 100 Å². The SMILES string of the molecule is COc1ccc(CNC(=O)c2cc([C@@H](CO)N3C(=O)[C@@](CC(C)(C)C)(c4ccc(-c5cnn(C(F)F)c5)cc4F)N=C3NC(=O)O)ccc2Cl)c(OC)c1. The molecule has 1 aliphatic rings. The summed E-state index contributed by atoms with van der Waals surface area (Å²) < 4.78 is 53.6. The Balaban J connectivity index is 1.53. The van der Waals surface area contributed by atoms with Gasteiger partial charge in [-0.3, -0.25) is 19.8 Å². The topological polar surface area (TPSA) is 168 Å². The first kappa shape index (κ1) is 39.6. The standard InChI is InChI=1S/C37H38ClF3N6O7/c1-36(2,3)19-37(26-10-7-20(13-28(26)39)23-16-43-46(17-23)33(40)41)32(50)47(34(45-37)44-35(51)52)29(18-48)21-8-11-27(38)25(12-21)31(49)42-15-22-6-9-24(53-4)14-30(22)54-5/h6-14,16-17,29,33,48H,15,18-19H2,1-5H3,(H,42,49)(H,44,45)(H,51,52)/t29-,37-/m1/s1. The number of hydrogen-bond acceptors (Lipinski definition) is 8. The molecule has 3 aromatic carbocycles. The summed E-state index contributed by atoms with van der Waals surface area (Å²) in [6.07, 6.45) is 0.471. The molecule has 0 aliphatic carbocycles. The van der Waals surface area contributed by atoms with Crippen molar-refractivity contribution in [3.63, 3.8) is 0 Å². The highest BCUT2D eigenvalue weighted by Crippen LogP contribution is 2.46. The number of carboxylic acid groups (broad SMARTS) is 1. The van der Waals surface area contributed by atoms with Crippen molar-refractivity contribution in [1.29, 1.82) is 0 Å². The van der Waals surface area contributed by atoms with Crippen LogP contribution in [0, 0.1) is 11.2 Å². The van der Waals surface area contributed by atoms with Crippen molar-refractivity contribution in [1.82, 2.24) is 25.3 Å². The predicted octanol–water partition coefficient (Wildman–Crippen LogP) is 6.52. The third kappa shape index (κ3) is 8.14. The largest absolute Gasteiger partial charge is 0.497 e. The van der Waals surface area contributed by atoms with Crippen molar-refractivity contribution in [3.8, 4) is 22.6 Å². The van der Waals surface area contributed by atoms with Crippen LogP contribution in [0.3, 0.4) is 0 Å². The average molecular weight is 771 g/mol. The van der Waals surface area contributed by atoms with Gasteiger partial charge in [-0.25, -0.2) is 18.9 Å². The first-order chi connectivity index (χ1) is 25.5. The second-order valence-electron chi connectivity index (χ2n) is 13.6. The quantitative estimate of drug-likeness (QED) is 0.126. The van der Waals surface area contributed by atoms with Crippen molar-refractivity contribution in [2.75, 3.05) is 20.8 Å². The molecular formula is C37H38ClF3N6O7. The van der Waals surface area contributed by atoms with E-state index in [1.807, 2.05) is 0 Å². The minimum Gasteiger partial charge on any atom is -0.497 e. The molecule has 0 unspecified atom stereocenters. The number of methoxy groups -OCH3 is 2. The fourth-order valence-corrected chi connectivity index (χ4v) is 6.56. The summed E-state index contributed by atoms with van der Waals surface area (Å²) >= 11 is 6.45. The number of hydrogen-bond donors (Lipinski definition) is 4. The third-order valence-corrected chi connectivity index (χ3v) is 9.02. The van der Waals surface area contributed by atoms with Gasteiger partial charge in [0.25, 0.3) is 11.8 Å². The number of carbonyl (C=O) groups is 3. The summed E-state index contributed by atoms with van der Waals surface area (Å²) in [7, 11) is 2.98. The number of aromatic nitrogens is 2. The van der Waals surface area contributed by atoms with Crippen LogP contribution in [0.1, 0.15) is 66.8 Å². The zero-order valence-electron chi connectivity index (χ0n) is 29.9. The molecule has 13 nitrogen and oxygen atoms in total. The van der Waals surface area contributed by atoms with Gasteiger partial charge < -0.3 is 25.0 Å². The lowest BCUT2D eigenvalue weighted by Crippen LogP contribution is -2.49. The Kier molecular flexibility index (Phi) is 11.6. The molecule has 1 aromatic heterocycles. The summed E-state index contributed by atoms with van der Waals surface area (Å²) in [4.78, 5) is 45.8. The Morgan fingerprint density at radius 1 is 1.04 bits per heavy atom. The van der Waals surface area contributed by atoms with Crippen molar-refractivity contribution >= 4 is 35.5 Å². The molecule has 0 spiro atoms. The van der Waals surface area contributed by atoms with Crippen LogP contribution in [0.15, 0.2) is 72.0 Å². The number of rotatable bonds is 12. The van der Waals surface area contributed by atoms with Crippen LogP contribution in [0.5, 0.6) is 11.5 Å². The van der Waals surface area contributed by atoms with E-state index in [1.54, 1.807) is 39.0 Å². The molecule has 17 heteroatoms. The molecule has 4 aromatic rings. The Bertz CT molecular complexity index is 2100. The lowest BCUT2D eigenvalue weighted by Gasteiger charge is -2.34. The second kappa shape index (κ2) is 15.8. The normalized spacial score (nSPS) is 16.3. The van der Waals surface area contributed by atoms with E-state index in [2.05, 4.69) is 20.7 Å². The van der Waals surface area contributed by atoms with Crippen LogP contribution < -0.4 is 20.1 Å². The van der Waals surface area contributed by atoms with Gasteiger partial charge in [-0.05, 0) is 53.3 Å². The third-order valence-electron chi connectivity index (χ3n) is 8.69. The zero-order valence-corrected chi connectivity index (χ0v) is 30.6. The number of amides is 3. The molecule has 0 bridgehead atoms. The fraction of sp³-hybridized carbons (Fsp3) is 0.324. The molecule has 2 heterocycles. The van der Waals surface area contributed by atoms with Crippen molar-refractivity contribution < 1.29 is 47.2 Å². The summed E-state index contributed by atoms with van der Waals surface area (Å²) in [6, 6.07) is 11.7. The van der Waals surface area contributed by atoms with Gasteiger partial charge in [-0.15, -0.1) is 0 Å². The number of nitrogens with one attached hydrogen (secondary N) is 2. The predicted molar refractivity (Wildman–Crippen MR) is 192 cm³/mol. The fourth-order valence-electron chi connectivity index (χ4n) is 6.36. The molecule has 286 valence electrons. The first-order valence-electron chi connectivity index (χ1n) is 16.5. The number of alkyl halides is 2. The Labute approximate surface area is 313 Å². The minimum absolute atomic E-state index is 0.0193. The van der Waals surface area contributed by atoms with Crippen LogP contribution in [-0.2, 0) is 16.9 Å². The van der Waals surface area contributed by atoms with E-state index >= 15 is 4.39 Å². The van der Waals surface area contributed by atoms with E-state index in [0.29, 0.717) is 21.7 Å². The number of aliphatic hydroxyl groups is 1. The maximum Gasteiger partial charge on any atom is 0.411 e. The number of aliphatic imine (C=N–C) groups is 1. The monoisotopic (exact) mass is 770 g/mol. The van der Waals surface area contributed by atoms with Crippen LogP contribution in [-0.4, -0.2) is 69.6 Å². The highest BCUT2D eigenvalue weighted by Gasteiger charge is 2.55. The number of carbonyl (C=O) groups excluding carboxylic acids is 2. The Morgan fingerprint density at radius 2 is 1.78 bits per heavy atom. The summed E-state index contributed by atoms with van der Waals surface area (Å²) in [5.41, 5.74) is -1.81. The smallest absolute Gasteiger partial charge is 0.411 e. The molecule has 2 atom stereocenters. The second-order valence-corrected chi connectivity index (χ2v) is 14.0. The molecule has 0 saturated heterocycles. The summed E-state index contributed by atoms with van der Waals surface area (Å²) in [6.45, 7) is 1.69. The van der Waals surface area contributed by atoms with Gasteiger partial charge in [0, 0.05) is 35.5 Å². The van der Waals surface area contributed by atoms with Gasteiger partial charge in [0.1, 0.15) is 17.3 Å². The number of halogens is 4. The maximum atomic E-state index is 16.3. The Morgan fingerprint density at radius 3 is 2.37 bits per heavy atom. The molecule has 1 aliphatic heterocycles. The van der Waals surface area contributed by atoms with Crippen LogP contribution in [0.4, 0.5) is 18.0 Å². The van der Waals surface area contributed by atoms with Gasteiger partial charge in [0.2, 0.25) is 5.96 Å². The van der Waals surface area contributed by atoms with Crippen LogP contribution in [0.2, 0.25) is 5.02 Å². The minimum atomic E-state index is -2.91. The average Bonchev–Trinajstić information content (AvgIpc) is 3.71. The van der Waals surface area contributed by atoms with Gasteiger partial charge in [0.05, 0.1) is 43.7 Å². The van der Waals surface area contributed by atoms with Gasteiger partial charge >= 0.3 is 12.6 Å². The molecule has 3 amide bonds. The van der Waals surface area contributed by atoms with Crippen molar-refractivity contribution in [2.24, 2.45) is 10.4 Å². The van der Waals surface area contributed by atoms with E-state index in [9.17, 15) is 33.4 Å². The lowest BCUT2D eigenvalue weighted by molar-refractivity contribution is -0.135. The molecule has 54 heavy (non-hydrogen) atoms. The number of guanidine groups is 1. The van der Waals surface area contributed by atoms with Gasteiger partial charge in [0.15, 0.2) is 5.54 Å². The van der Waals surface area contributed by atoms with Crippen LogP contribution >= 0.6 is 11.6 Å². The van der Waals surface area contributed by atoms with E-state index in [0.717, 1.165) is 23.4 Å². The number of aliphatic hydroxyl groups excluding tert-OH is 1. The Hall–Kier alpha value is -5.61. The number of nitrogens with zero attached hydrogens (tertiary/aromatic N) is 4. The molecule has 0 saturated carbocycles. The van der Waals surface area contributed by atoms with Gasteiger partial charge in [-0.2, -0.15) is 13.9 Å². The van der Waals surface area contributed by atoms with Crippen LogP contribution in [0.25, 0.3) is 11.1 Å². The highest BCUT2D eigenvalue weighted by molar-refractivity contribution is 6.33. The zero-order chi connectivity index (χ0) is 39.5. The summed E-state index contributed by atoms with van der Waals surface area (Å²) in [5, 5.41) is 29.1. The first-order valence-corrected chi connectivity index (χ1v) is 16.8. The van der Waals surface area contributed by atoms with E-state index in [1.165, 1.54) is 44.6 Å². The van der Waals surface area contributed by atoms with Crippen molar-refractivity contribution in [2.45, 2.75) is 51.9 Å². The van der Waals surface area contributed by atoms with E-state index in [-0.39, 0.29) is 45.8 Å². The molecule has 5 rings (SSSR count). The van der Waals surface area contributed by atoms with Gasteiger partial charge in [-0.1, -0.05) is 50.6 Å². The number of ether oxygens (including phenoxy) is 2. The number of benzene rings is 3.